The lowest BCUT2D eigenvalue weighted by Gasteiger charge is -2.13. The highest BCUT2D eigenvalue weighted by Gasteiger charge is 2.19. The maximum absolute atomic E-state index is 12.6. The second-order valence-electron chi connectivity index (χ2n) is 6.09. The Bertz CT molecular complexity index is 743. The Hall–Kier alpha value is -2.21. The van der Waals surface area contributed by atoms with Crippen LogP contribution in [0.25, 0.3) is 0 Å². The summed E-state index contributed by atoms with van der Waals surface area (Å²) in [7, 11) is 0. The average Bonchev–Trinajstić information content (AvgIpc) is 2.81. The van der Waals surface area contributed by atoms with Crippen LogP contribution in [0, 0.1) is 5.92 Å². The second kappa shape index (κ2) is 7.13. The molecule has 2 aromatic rings. The molecule has 1 N–H and O–H groups in total. The fourth-order valence-electron chi connectivity index (χ4n) is 2.51. The van der Waals surface area contributed by atoms with Gasteiger partial charge in [0.25, 0.3) is 5.91 Å². The summed E-state index contributed by atoms with van der Waals surface area (Å²) in [5, 5.41) is 3.19. The molecule has 0 atom stereocenters. The van der Waals surface area contributed by atoms with E-state index in [1.54, 1.807) is 18.3 Å². The largest absolute Gasteiger partial charge is 0.489 e. The number of rotatable bonds is 4. The predicted octanol–water partition coefficient (Wildman–Crippen LogP) is 3.61. The Balaban J connectivity index is 1.82. The molecule has 3 rings (SSSR count). The molecule has 0 bridgehead atoms. The van der Waals surface area contributed by atoms with Crippen LogP contribution < -0.4 is 14.8 Å². The molecular formula is C17H20ClN3O3. The fourth-order valence-corrected chi connectivity index (χ4v) is 2.77. The number of halogens is 1. The van der Waals surface area contributed by atoms with Gasteiger partial charge in [0, 0.05) is 30.9 Å². The van der Waals surface area contributed by atoms with Crippen LogP contribution in [-0.4, -0.2) is 28.7 Å². The Morgan fingerprint density at radius 2 is 2.17 bits per heavy atom. The first kappa shape index (κ1) is 16.6. The van der Waals surface area contributed by atoms with Crippen molar-refractivity contribution in [3.05, 3.63) is 35.1 Å². The van der Waals surface area contributed by atoms with Crippen molar-refractivity contribution in [1.82, 2.24) is 9.55 Å². The average molecular weight is 350 g/mol. The monoisotopic (exact) mass is 349 g/mol. The number of benzene rings is 1. The number of hydrogen-bond donors (Lipinski definition) is 1. The van der Waals surface area contributed by atoms with Gasteiger partial charge in [-0.25, -0.2) is 4.98 Å². The Labute approximate surface area is 145 Å². The zero-order chi connectivity index (χ0) is 17.1. The first-order chi connectivity index (χ1) is 11.5. The van der Waals surface area contributed by atoms with Crippen LogP contribution in [0.2, 0.25) is 5.02 Å². The molecule has 0 spiro atoms. The molecule has 24 heavy (non-hydrogen) atoms. The van der Waals surface area contributed by atoms with E-state index < -0.39 is 0 Å². The minimum absolute atomic E-state index is 0.288. The van der Waals surface area contributed by atoms with E-state index in [0.29, 0.717) is 47.2 Å². The van der Waals surface area contributed by atoms with Crippen molar-refractivity contribution < 1.29 is 14.3 Å². The van der Waals surface area contributed by atoms with Gasteiger partial charge in [0.1, 0.15) is 0 Å². The molecule has 0 fully saturated rings. The molecule has 0 saturated carbocycles. The lowest BCUT2D eigenvalue weighted by Crippen LogP contribution is -2.17. The zero-order valence-corrected chi connectivity index (χ0v) is 14.5. The summed E-state index contributed by atoms with van der Waals surface area (Å²) in [5.74, 6) is 1.66. The summed E-state index contributed by atoms with van der Waals surface area (Å²) in [5.41, 5.74) is 0.406. The number of imidazole rings is 1. The van der Waals surface area contributed by atoms with Crippen molar-refractivity contribution in [1.29, 1.82) is 0 Å². The summed E-state index contributed by atoms with van der Waals surface area (Å²) in [6.07, 6.45) is 4.29. The number of anilines is 1. The highest BCUT2D eigenvalue weighted by atomic mass is 35.5. The fraction of sp³-hybridized carbons (Fsp3) is 0.412. The van der Waals surface area contributed by atoms with Gasteiger partial charge in [0.15, 0.2) is 11.5 Å². The molecule has 0 aliphatic carbocycles. The lowest BCUT2D eigenvalue weighted by atomic mass is 10.2. The van der Waals surface area contributed by atoms with E-state index >= 15 is 0 Å². The van der Waals surface area contributed by atoms with E-state index in [4.69, 9.17) is 21.1 Å². The zero-order valence-electron chi connectivity index (χ0n) is 13.7. The Kier molecular flexibility index (Phi) is 4.94. The third-order valence-corrected chi connectivity index (χ3v) is 3.85. The van der Waals surface area contributed by atoms with Crippen LogP contribution in [0.3, 0.4) is 0 Å². The molecule has 0 saturated heterocycles. The third kappa shape index (κ3) is 3.64. The summed E-state index contributed by atoms with van der Waals surface area (Å²) in [6.45, 7) is 6.07. The molecular weight excluding hydrogens is 330 g/mol. The number of carbonyl (C=O) groups excluding carboxylic acids is 1. The van der Waals surface area contributed by atoms with Crippen LogP contribution in [0.1, 0.15) is 30.6 Å². The van der Waals surface area contributed by atoms with Gasteiger partial charge in [0.05, 0.1) is 18.2 Å². The topological polar surface area (TPSA) is 65.4 Å². The first-order valence-corrected chi connectivity index (χ1v) is 8.34. The Morgan fingerprint density at radius 1 is 1.38 bits per heavy atom. The van der Waals surface area contributed by atoms with Gasteiger partial charge in [-0.2, -0.15) is 0 Å². The second-order valence-corrected chi connectivity index (χ2v) is 6.49. The molecule has 6 nitrogen and oxygen atoms in total. The van der Waals surface area contributed by atoms with Crippen molar-refractivity contribution in [3.63, 3.8) is 0 Å². The van der Waals surface area contributed by atoms with Crippen LogP contribution in [0.5, 0.6) is 11.5 Å². The van der Waals surface area contributed by atoms with E-state index in [9.17, 15) is 4.79 Å². The van der Waals surface area contributed by atoms with Crippen LogP contribution in [-0.2, 0) is 6.54 Å². The molecule has 7 heteroatoms. The number of amides is 1. The summed E-state index contributed by atoms with van der Waals surface area (Å²) in [4.78, 5) is 16.8. The molecule has 1 amide bonds. The van der Waals surface area contributed by atoms with E-state index in [2.05, 4.69) is 24.1 Å². The number of aromatic nitrogens is 2. The molecule has 1 aliphatic heterocycles. The minimum atomic E-state index is -0.288. The van der Waals surface area contributed by atoms with Crippen molar-refractivity contribution >= 4 is 23.5 Å². The maximum Gasteiger partial charge on any atom is 0.258 e. The quantitative estimate of drug-likeness (QED) is 0.915. The number of hydrogen-bond acceptors (Lipinski definition) is 4. The van der Waals surface area contributed by atoms with Gasteiger partial charge in [-0.1, -0.05) is 25.4 Å². The summed E-state index contributed by atoms with van der Waals surface area (Å²) in [6, 6.07) is 3.23. The van der Waals surface area contributed by atoms with Gasteiger partial charge in [0.2, 0.25) is 5.95 Å². The molecule has 0 radical (unpaired) electrons. The van der Waals surface area contributed by atoms with E-state index in [-0.39, 0.29) is 5.91 Å². The minimum Gasteiger partial charge on any atom is -0.489 e. The number of nitrogens with zero attached hydrogens (tertiary/aromatic N) is 2. The molecule has 1 aliphatic rings. The van der Waals surface area contributed by atoms with Gasteiger partial charge < -0.3 is 14.0 Å². The highest BCUT2D eigenvalue weighted by Crippen LogP contribution is 2.38. The van der Waals surface area contributed by atoms with Crippen LogP contribution in [0.15, 0.2) is 24.5 Å². The number of ether oxygens (including phenoxy) is 2. The third-order valence-electron chi connectivity index (χ3n) is 3.57. The number of nitrogens with one attached hydrogen (secondary N) is 1. The van der Waals surface area contributed by atoms with Crippen molar-refractivity contribution in [2.45, 2.75) is 26.8 Å². The van der Waals surface area contributed by atoms with Crippen LogP contribution in [0.4, 0.5) is 5.95 Å². The number of fused-ring (bicyclic) bond motifs is 1. The van der Waals surface area contributed by atoms with Crippen molar-refractivity contribution in [2.75, 3.05) is 18.5 Å². The van der Waals surface area contributed by atoms with E-state index in [0.717, 1.165) is 13.0 Å². The first-order valence-electron chi connectivity index (χ1n) is 7.96. The molecule has 128 valence electrons. The van der Waals surface area contributed by atoms with Gasteiger partial charge in [-0.15, -0.1) is 0 Å². The SMILES string of the molecule is CC(C)Cn1ccnc1NC(=O)c1cc(Cl)c2c(c1)OCCCO2. The standard InChI is InChI=1S/C17H20ClN3O3/c1-11(2)10-21-5-4-19-17(21)20-16(22)12-8-13(18)15-14(9-12)23-6-3-7-24-15/h4-5,8-9,11H,3,6-7,10H2,1-2H3,(H,19,20,22). The van der Waals surface area contributed by atoms with Crippen molar-refractivity contribution in [3.8, 4) is 11.5 Å². The normalized spacial score (nSPS) is 13.7. The van der Waals surface area contributed by atoms with Gasteiger partial charge in [-0.05, 0) is 18.1 Å². The smallest absolute Gasteiger partial charge is 0.258 e. The highest BCUT2D eigenvalue weighted by molar-refractivity contribution is 6.32. The van der Waals surface area contributed by atoms with E-state index in [1.165, 1.54) is 0 Å². The molecule has 0 unspecified atom stereocenters. The maximum atomic E-state index is 12.6. The van der Waals surface area contributed by atoms with Gasteiger partial charge >= 0.3 is 0 Å². The Morgan fingerprint density at radius 3 is 2.96 bits per heavy atom. The molecule has 1 aromatic heterocycles. The lowest BCUT2D eigenvalue weighted by molar-refractivity contribution is 0.102. The van der Waals surface area contributed by atoms with Gasteiger partial charge in [-0.3, -0.25) is 10.1 Å². The summed E-state index contributed by atoms with van der Waals surface area (Å²) < 4.78 is 13.1. The van der Waals surface area contributed by atoms with Crippen LogP contribution >= 0.6 is 11.6 Å². The van der Waals surface area contributed by atoms with E-state index in [1.807, 2.05) is 10.8 Å². The van der Waals surface area contributed by atoms with Crippen molar-refractivity contribution in [2.24, 2.45) is 5.92 Å². The number of carbonyl (C=O) groups is 1. The predicted molar refractivity (Wildman–Crippen MR) is 92.1 cm³/mol. The molecule has 2 heterocycles. The molecule has 1 aromatic carbocycles. The summed E-state index contributed by atoms with van der Waals surface area (Å²) >= 11 is 6.24.